The Labute approximate surface area is 209 Å². The first kappa shape index (κ1) is 26.3. The van der Waals surface area contributed by atoms with Crippen LogP contribution in [0.2, 0.25) is 0 Å². The summed E-state index contributed by atoms with van der Waals surface area (Å²) in [7, 11) is 0. The van der Waals surface area contributed by atoms with Crippen molar-refractivity contribution in [3.05, 3.63) is 65.0 Å². The number of benzene rings is 1. The molecule has 0 radical (unpaired) electrons. The molecular weight excluding hydrogens is 469 g/mol. The van der Waals surface area contributed by atoms with Crippen LogP contribution in [0, 0.1) is 18.8 Å². The van der Waals surface area contributed by atoms with Crippen LogP contribution >= 0.6 is 0 Å². The van der Waals surface area contributed by atoms with E-state index in [1.54, 1.807) is 11.1 Å². The predicted octanol–water partition coefficient (Wildman–Crippen LogP) is 5.69. The number of alkyl halides is 3. The SMILES string of the molecule is Cc1ccc(C2(O)CCC(CC3CCN(C(=O)CCC(=O)c4cccc(C(F)(F)F)c4)C3)CC2)nc1. The number of pyridine rings is 1. The van der Waals surface area contributed by atoms with Crippen LogP contribution in [0.15, 0.2) is 42.6 Å². The van der Waals surface area contributed by atoms with Crippen molar-refractivity contribution in [1.82, 2.24) is 9.88 Å². The molecule has 8 heteroatoms. The number of hydrogen-bond acceptors (Lipinski definition) is 4. The summed E-state index contributed by atoms with van der Waals surface area (Å²) in [6, 6.07) is 8.23. The van der Waals surface area contributed by atoms with Crippen molar-refractivity contribution in [3.63, 3.8) is 0 Å². The number of carbonyl (C=O) groups excluding carboxylic acids is 2. The minimum atomic E-state index is -4.51. The van der Waals surface area contributed by atoms with Gasteiger partial charge in [-0.25, -0.2) is 0 Å². The summed E-state index contributed by atoms with van der Waals surface area (Å²) in [5.41, 5.74) is 0.0576. The van der Waals surface area contributed by atoms with Crippen LogP contribution in [0.1, 0.15) is 78.5 Å². The number of amides is 1. The molecule has 1 amide bonds. The number of nitrogens with zero attached hydrogens (tertiary/aromatic N) is 2. The first-order valence-corrected chi connectivity index (χ1v) is 12.7. The Morgan fingerprint density at radius 2 is 1.83 bits per heavy atom. The van der Waals surface area contributed by atoms with Gasteiger partial charge in [-0.05, 0) is 81.0 Å². The number of hydrogen-bond donors (Lipinski definition) is 1. The van der Waals surface area contributed by atoms with Crippen molar-refractivity contribution >= 4 is 11.7 Å². The standard InChI is InChI=1S/C28H33F3N2O3/c1-19-5-7-25(32-17-19)27(36)12-9-20(10-13-27)15-21-11-14-33(18-21)26(35)8-6-24(34)22-3-2-4-23(16-22)28(29,30)31/h2-5,7,16-17,20-21,36H,6,8-15,18H2,1H3. The minimum absolute atomic E-state index is 0.00180. The van der Waals surface area contributed by atoms with Gasteiger partial charge in [0.2, 0.25) is 5.91 Å². The van der Waals surface area contributed by atoms with Gasteiger partial charge in [0.05, 0.1) is 11.3 Å². The first-order valence-electron chi connectivity index (χ1n) is 12.7. The van der Waals surface area contributed by atoms with Crippen LogP contribution in [0.3, 0.4) is 0 Å². The second kappa shape index (κ2) is 10.7. The third-order valence-electron chi connectivity index (χ3n) is 7.70. The Morgan fingerprint density at radius 3 is 2.50 bits per heavy atom. The van der Waals surface area contributed by atoms with E-state index >= 15 is 0 Å². The van der Waals surface area contributed by atoms with E-state index in [1.807, 2.05) is 19.1 Å². The maximum atomic E-state index is 12.9. The molecule has 1 saturated carbocycles. The lowest BCUT2D eigenvalue weighted by atomic mass is 9.74. The normalized spacial score (nSPS) is 24.6. The molecule has 2 aliphatic rings. The molecule has 0 bridgehead atoms. The van der Waals surface area contributed by atoms with Crippen LogP contribution < -0.4 is 0 Å². The highest BCUT2D eigenvalue weighted by Crippen LogP contribution is 2.41. The Bertz CT molecular complexity index is 1080. The fourth-order valence-corrected chi connectivity index (χ4v) is 5.50. The quantitative estimate of drug-likeness (QED) is 0.494. The number of ketones is 1. The molecule has 1 aliphatic heterocycles. The maximum absolute atomic E-state index is 12.9. The van der Waals surface area contributed by atoms with Gasteiger partial charge < -0.3 is 10.0 Å². The van der Waals surface area contributed by atoms with E-state index in [2.05, 4.69) is 4.98 Å². The lowest BCUT2D eigenvalue weighted by Gasteiger charge is -2.36. The largest absolute Gasteiger partial charge is 0.416 e. The molecule has 2 heterocycles. The lowest BCUT2D eigenvalue weighted by molar-refractivity contribution is -0.137. The second-order valence-electron chi connectivity index (χ2n) is 10.4. The van der Waals surface area contributed by atoms with Gasteiger partial charge in [-0.1, -0.05) is 18.2 Å². The van der Waals surface area contributed by atoms with Crippen LogP contribution in [0.25, 0.3) is 0 Å². The van der Waals surface area contributed by atoms with Crippen molar-refractivity contribution in [2.75, 3.05) is 13.1 Å². The van der Waals surface area contributed by atoms with E-state index in [0.29, 0.717) is 37.8 Å². The molecule has 1 aromatic carbocycles. The number of halogens is 3. The van der Waals surface area contributed by atoms with Crippen LogP contribution in [-0.2, 0) is 16.6 Å². The summed E-state index contributed by atoms with van der Waals surface area (Å²) >= 11 is 0. The van der Waals surface area contributed by atoms with Crippen molar-refractivity contribution in [2.24, 2.45) is 11.8 Å². The van der Waals surface area contributed by atoms with Crippen LogP contribution in [0.5, 0.6) is 0 Å². The molecule has 5 nitrogen and oxygen atoms in total. The van der Waals surface area contributed by atoms with Gasteiger partial charge in [0.15, 0.2) is 5.78 Å². The minimum Gasteiger partial charge on any atom is -0.384 e. The number of carbonyl (C=O) groups is 2. The van der Waals surface area contributed by atoms with E-state index in [4.69, 9.17) is 0 Å². The zero-order chi connectivity index (χ0) is 25.9. The molecule has 1 saturated heterocycles. The van der Waals surface area contributed by atoms with E-state index < -0.39 is 23.1 Å². The zero-order valence-electron chi connectivity index (χ0n) is 20.6. The Balaban J connectivity index is 1.21. The third-order valence-corrected chi connectivity index (χ3v) is 7.70. The van der Waals surface area contributed by atoms with Gasteiger partial charge in [0, 0.05) is 37.7 Å². The molecule has 1 aromatic heterocycles. The molecule has 1 unspecified atom stereocenters. The Hall–Kier alpha value is -2.74. The molecule has 36 heavy (non-hydrogen) atoms. The topological polar surface area (TPSA) is 70.5 Å². The number of aliphatic hydroxyl groups is 1. The highest BCUT2D eigenvalue weighted by Gasteiger charge is 2.37. The van der Waals surface area contributed by atoms with Gasteiger partial charge in [0.1, 0.15) is 5.60 Å². The summed E-state index contributed by atoms with van der Waals surface area (Å²) < 4.78 is 38.7. The smallest absolute Gasteiger partial charge is 0.384 e. The zero-order valence-corrected chi connectivity index (χ0v) is 20.6. The molecular formula is C28H33F3N2O3. The average Bonchev–Trinajstić information content (AvgIpc) is 3.32. The Morgan fingerprint density at radius 1 is 1.08 bits per heavy atom. The van der Waals surface area contributed by atoms with Gasteiger partial charge >= 0.3 is 6.18 Å². The van der Waals surface area contributed by atoms with Crippen molar-refractivity contribution < 1.29 is 27.9 Å². The lowest BCUT2D eigenvalue weighted by Crippen LogP contribution is -2.33. The highest BCUT2D eigenvalue weighted by atomic mass is 19.4. The summed E-state index contributed by atoms with van der Waals surface area (Å²) in [4.78, 5) is 31.2. The van der Waals surface area contributed by atoms with Crippen LogP contribution in [0.4, 0.5) is 13.2 Å². The molecule has 1 N–H and O–H groups in total. The molecule has 1 aliphatic carbocycles. The summed E-state index contributed by atoms with van der Waals surface area (Å²) in [5, 5.41) is 11.1. The average molecular weight is 503 g/mol. The van der Waals surface area contributed by atoms with E-state index in [0.717, 1.165) is 49.1 Å². The fourth-order valence-electron chi connectivity index (χ4n) is 5.50. The monoisotopic (exact) mass is 502 g/mol. The number of likely N-dealkylation sites (tertiary alicyclic amines) is 1. The van der Waals surface area contributed by atoms with E-state index in [-0.39, 0.29) is 24.3 Å². The van der Waals surface area contributed by atoms with E-state index in [9.17, 15) is 27.9 Å². The first-order chi connectivity index (χ1) is 17.0. The summed E-state index contributed by atoms with van der Waals surface area (Å²) in [5.74, 6) is 0.310. The molecule has 2 fully saturated rings. The summed E-state index contributed by atoms with van der Waals surface area (Å²) in [6.45, 7) is 3.27. The predicted molar refractivity (Wildman–Crippen MR) is 129 cm³/mol. The number of Topliss-reactive ketones (excluding diaryl/α,β-unsaturated/α-hetero) is 1. The Kier molecular flexibility index (Phi) is 7.83. The maximum Gasteiger partial charge on any atom is 0.416 e. The molecule has 0 spiro atoms. The fraction of sp³-hybridized carbons (Fsp3) is 0.536. The van der Waals surface area contributed by atoms with Gasteiger partial charge in [-0.3, -0.25) is 14.6 Å². The second-order valence-corrected chi connectivity index (χ2v) is 10.4. The molecule has 1 atom stereocenters. The van der Waals surface area contributed by atoms with E-state index in [1.165, 1.54) is 12.1 Å². The molecule has 194 valence electrons. The highest BCUT2D eigenvalue weighted by molar-refractivity contribution is 5.98. The number of aryl methyl sites for hydroxylation is 1. The van der Waals surface area contributed by atoms with Gasteiger partial charge in [0.25, 0.3) is 0 Å². The van der Waals surface area contributed by atoms with Gasteiger partial charge in [-0.2, -0.15) is 13.2 Å². The molecule has 4 rings (SSSR count). The van der Waals surface area contributed by atoms with Crippen molar-refractivity contribution in [3.8, 4) is 0 Å². The van der Waals surface area contributed by atoms with Crippen molar-refractivity contribution in [1.29, 1.82) is 0 Å². The van der Waals surface area contributed by atoms with Gasteiger partial charge in [-0.15, -0.1) is 0 Å². The summed E-state index contributed by atoms with van der Waals surface area (Å²) in [6.07, 6.45) is 2.29. The number of aromatic nitrogens is 1. The van der Waals surface area contributed by atoms with Crippen LogP contribution in [-0.4, -0.2) is 39.8 Å². The number of rotatable bonds is 7. The third kappa shape index (κ3) is 6.33. The molecule has 2 aromatic rings. The van der Waals surface area contributed by atoms with Crippen molar-refractivity contribution in [2.45, 2.75) is 70.1 Å².